The second-order valence-corrected chi connectivity index (χ2v) is 7.03. The predicted octanol–water partition coefficient (Wildman–Crippen LogP) is 2.09. The van der Waals surface area contributed by atoms with Crippen molar-refractivity contribution < 1.29 is 14.1 Å². The molecule has 0 spiro atoms. The molecule has 3 rings (SSSR count). The number of aryl methyl sites for hydroxylation is 1. The zero-order valence-electron chi connectivity index (χ0n) is 14.2. The maximum absolute atomic E-state index is 12.4. The van der Waals surface area contributed by atoms with Crippen molar-refractivity contribution in [3.05, 3.63) is 23.4 Å². The molecule has 2 aromatic rings. The number of amides is 1. The number of piperidine rings is 1. The summed E-state index contributed by atoms with van der Waals surface area (Å²) < 4.78 is 11.0. The molecule has 1 aliphatic rings. The fourth-order valence-electron chi connectivity index (χ4n) is 2.84. The third-order valence-electron chi connectivity index (χ3n) is 4.26. The lowest BCUT2D eigenvalue weighted by molar-refractivity contribution is -0.133. The van der Waals surface area contributed by atoms with Gasteiger partial charge in [0.05, 0.1) is 11.0 Å². The minimum atomic E-state index is 0.135. The highest BCUT2D eigenvalue weighted by molar-refractivity contribution is 7.13. The quantitative estimate of drug-likeness (QED) is 0.721. The first-order valence-corrected chi connectivity index (χ1v) is 9.60. The van der Waals surface area contributed by atoms with Crippen LogP contribution in [0, 0.1) is 0 Å². The van der Waals surface area contributed by atoms with Crippen LogP contribution in [0.4, 0.5) is 0 Å². The van der Waals surface area contributed by atoms with Crippen LogP contribution < -0.4 is 5.73 Å². The molecule has 7 nitrogen and oxygen atoms in total. The van der Waals surface area contributed by atoms with Crippen molar-refractivity contribution >= 4 is 17.2 Å². The van der Waals surface area contributed by atoms with Crippen molar-refractivity contribution in [1.82, 2.24) is 15.0 Å². The van der Waals surface area contributed by atoms with E-state index < -0.39 is 0 Å². The van der Waals surface area contributed by atoms with E-state index in [9.17, 15) is 4.79 Å². The van der Waals surface area contributed by atoms with Gasteiger partial charge >= 0.3 is 0 Å². The van der Waals surface area contributed by atoms with Crippen molar-refractivity contribution in [1.29, 1.82) is 0 Å². The first-order valence-electron chi connectivity index (χ1n) is 8.72. The topological polar surface area (TPSA) is 94.5 Å². The van der Waals surface area contributed by atoms with E-state index in [2.05, 4.69) is 10.1 Å². The molecule has 25 heavy (non-hydrogen) atoms. The Hall–Kier alpha value is -1.77. The molecule has 1 amide bonds. The minimum absolute atomic E-state index is 0.135. The molecule has 0 saturated carbocycles. The number of nitrogens with zero attached hydrogens (tertiary/aromatic N) is 3. The Morgan fingerprint density at radius 3 is 3.00 bits per heavy atom. The van der Waals surface area contributed by atoms with Crippen LogP contribution in [0.1, 0.15) is 31.6 Å². The largest absolute Gasteiger partial charge is 0.378 e. The summed E-state index contributed by atoms with van der Waals surface area (Å²) in [4.78, 5) is 19.6. The predicted molar refractivity (Wildman–Crippen MR) is 95.2 cm³/mol. The maximum Gasteiger partial charge on any atom is 0.227 e. The fraction of sp³-hybridized carbons (Fsp3) is 0.588. The normalized spacial score (nSPS) is 15.6. The molecule has 0 bridgehead atoms. The highest BCUT2D eigenvalue weighted by Crippen LogP contribution is 2.22. The van der Waals surface area contributed by atoms with Gasteiger partial charge in [-0.15, -0.1) is 11.3 Å². The Kier molecular flexibility index (Phi) is 6.55. The van der Waals surface area contributed by atoms with Crippen LogP contribution >= 0.6 is 11.3 Å². The molecule has 0 radical (unpaired) electrons. The van der Waals surface area contributed by atoms with Crippen LogP contribution in [0.5, 0.6) is 0 Å². The number of carbonyl (C=O) groups excluding carboxylic acids is 1. The van der Waals surface area contributed by atoms with Gasteiger partial charge in [0.2, 0.25) is 17.6 Å². The van der Waals surface area contributed by atoms with Gasteiger partial charge in [-0.25, -0.2) is 0 Å². The SMILES string of the molecule is NCCCOC1CCN(C(=O)CCc2nc(-c3cccs3)no2)CC1. The lowest BCUT2D eigenvalue weighted by Gasteiger charge is -2.32. The summed E-state index contributed by atoms with van der Waals surface area (Å²) >= 11 is 1.56. The van der Waals surface area contributed by atoms with Crippen LogP contribution in [0.25, 0.3) is 10.7 Å². The number of rotatable bonds is 8. The molecule has 136 valence electrons. The minimum Gasteiger partial charge on any atom is -0.378 e. The lowest BCUT2D eigenvalue weighted by Crippen LogP contribution is -2.41. The second kappa shape index (κ2) is 9.07. The van der Waals surface area contributed by atoms with Gasteiger partial charge in [0.15, 0.2) is 0 Å². The molecule has 0 aromatic carbocycles. The van der Waals surface area contributed by atoms with E-state index in [0.717, 1.165) is 37.2 Å². The van der Waals surface area contributed by atoms with Crippen LogP contribution in [0.15, 0.2) is 22.0 Å². The maximum atomic E-state index is 12.4. The van der Waals surface area contributed by atoms with E-state index in [1.54, 1.807) is 11.3 Å². The summed E-state index contributed by atoms with van der Waals surface area (Å²) in [5.41, 5.74) is 5.47. The fourth-order valence-corrected chi connectivity index (χ4v) is 3.49. The summed E-state index contributed by atoms with van der Waals surface area (Å²) in [6, 6.07) is 3.90. The molecule has 0 unspecified atom stereocenters. The van der Waals surface area contributed by atoms with E-state index in [-0.39, 0.29) is 12.0 Å². The van der Waals surface area contributed by atoms with Gasteiger partial charge in [-0.2, -0.15) is 4.98 Å². The molecule has 8 heteroatoms. The number of ether oxygens (including phenoxy) is 1. The van der Waals surface area contributed by atoms with Crippen molar-refractivity contribution in [3.8, 4) is 10.7 Å². The highest BCUT2D eigenvalue weighted by atomic mass is 32.1. The molecule has 1 saturated heterocycles. The Morgan fingerprint density at radius 1 is 1.44 bits per heavy atom. The zero-order valence-corrected chi connectivity index (χ0v) is 15.0. The number of aromatic nitrogens is 2. The van der Waals surface area contributed by atoms with E-state index >= 15 is 0 Å². The molecule has 2 N–H and O–H groups in total. The number of hydrogen-bond acceptors (Lipinski definition) is 7. The molecule has 3 heterocycles. The first-order chi connectivity index (χ1) is 12.3. The monoisotopic (exact) mass is 364 g/mol. The van der Waals surface area contributed by atoms with E-state index in [1.807, 2.05) is 22.4 Å². The zero-order chi connectivity index (χ0) is 17.5. The Morgan fingerprint density at radius 2 is 2.28 bits per heavy atom. The number of hydrogen-bond donors (Lipinski definition) is 1. The summed E-state index contributed by atoms with van der Waals surface area (Å²) in [6.07, 6.45) is 3.78. The highest BCUT2D eigenvalue weighted by Gasteiger charge is 2.23. The molecular weight excluding hydrogens is 340 g/mol. The van der Waals surface area contributed by atoms with Crippen LogP contribution in [0.2, 0.25) is 0 Å². The molecular formula is C17H24N4O3S. The van der Waals surface area contributed by atoms with Gasteiger partial charge < -0.3 is 19.9 Å². The molecule has 1 aliphatic heterocycles. The third-order valence-corrected chi connectivity index (χ3v) is 5.12. The Labute approximate surface area is 151 Å². The van der Waals surface area contributed by atoms with Crippen molar-refractivity contribution in [2.75, 3.05) is 26.2 Å². The molecule has 0 aliphatic carbocycles. The van der Waals surface area contributed by atoms with Crippen molar-refractivity contribution in [2.45, 2.75) is 38.2 Å². The summed E-state index contributed by atoms with van der Waals surface area (Å²) in [5, 5.41) is 5.94. The van der Waals surface area contributed by atoms with Gasteiger partial charge in [-0.1, -0.05) is 11.2 Å². The summed E-state index contributed by atoms with van der Waals surface area (Å²) in [7, 11) is 0. The summed E-state index contributed by atoms with van der Waals surface area (Å²) in [6.45, 7) is 2.85. The Balaban J connectivity index is 1.40. The molecule has 1 fully saturated rings. The van der Waals surface area contributed by atoms with E-state index in [1.165, 1.54) is 0 Å². The number of likely N-dealkylation sites (tertiary alicyclic amines) is 1. The third kappa shape index (κ3) is 5.10. The van der Waals surface area contributed by atoms with E-state index in [0.29, 0.717) is 37.7 Å². The number of thiophene rings is 1. The smallest absolute Gasteiger partial charge is 0.227 e. The van der Waals surface area contributed by atoms with Gasteiger partial charge in [0.1, 0.15) is 0 Å². The first kappa shape index (κ1) is 18.0. The standard InChI is InChI=1S/C17H24N4O3S/c18-8-2-11-23-13-6-9-21(10-7-13)16(22)5-4-15-19-17(20-24-15)14-3-1-12-25-14/h1,3,12-13H,2,4-11,18H2. The van der Waals surface area contributed by atoms with Crippen LogP contribution in [-0.4, -0.2) is 53.3 Å². The van der Waals surface area contributed by atoms with Gasteiger partial charge in [0.25, 0.3) is 0 Å². The van der Waals surface area contributed by atoms with Crippen molar-refractivity contribution in [2.24, 2.45) is 5.73 Å². The van der Waals surface area contributed by atoms with Gasteiger partial charge in [0, 0.05) is 32.5 Å². The Bertz CT molecular complexity index is 651. The average molecular weight is 364 g/mol. The van der Waals surface area contributed by atoms with Gasteiger partial charge in [-0.05, 0) is 37.3 Å². The number of nitrogens with two attached hydrogens (primary N) is 1. The van der Waals surface area contributed by atoms with Gasteiger partial charge in [-0.3, -0.25) is 4.79 Å². The average Bonchev–Trinajstić information content (AvgIpc) is 3.32. The second-order valence-electron chi connectivity index (χ2n) is 6.08. The summed E-state index contributed by atoms with van der Waals surface area (Å²) in [5.74, 6) is 1.24. The van der Waals surface area contributed by atoms with Crippen LogP contribution in [-0.2, 0) is 16.0 Å². The number of carbonyl (C=O) groups is 1. The van der Waals surface area contributed by atoms with Crippen LogP contribution in [0.3, 0.4) is 0 Å². The molecule has 0 atom stereocenters. The molecule has 2 aromatic heterocycles. The van der Waals surface area contributed by atoms with Crippen molar-refractivity contribution in [3.63, 3.8) is 0 Å². The van der Waals surface area contributed by atoms with E-state index in [4.69, 9.17) is 15.0 Å². The lowest BCUT2D eigenvalue weighted by atomic mass is 10.1.